The molecule has 15 heavy (non-hydrogen) atoms. The van der Waals surface area contributed by atoms with Crippen molar-refractivity contribution in [2.45, 2.75) is 6.54 Å². The maximum atomic E-state index is 12.6. The van der Waals surface area contributed by atoms with Gasteiger partial charge in [-0.05, 0) is 0 Å². The predicted octanol–water partition coefficient (Wildman–Crippen LogP) is -0.834. The molecule has 2 rings (SSSR count). The van der Waals surface area contributed by atoms with E-state index in [1.807, 2.05) is 22.8 Å². The van der Waals surface area contributed by atoms with Gasteiger partial charge >= 0.3 is 0 Å². The first-order valence-electron chi connectivity index (χ1n) is 4.53. The SMILES string of the molecule is Fc1cc[n+](Cc2ccccc2)cc1.[Br-]. The fourth-order valence-electron chi connectivity index (χ4n) is 1.34. The third-order valence-corrected chi connectivity index (χ3v) is 2.06. The van der Waals surface area contributed by atoms with E-state index in [4.69, 9.17) is 0 Å². The first kappa shape index (κ1) is 11.9. The average molecular weight is 268 g/mol. The molecule has 2 aromatic rings. The Morgan fingerprint density at radius 3 is 2.13 bits per heavy atom. The molecule has 1 nitrogen and oxygen atoms in total. The van der Waals surface area contributed by atoms with E-state index in [9.17, 15) is 4.39 Å². The smallest absolute Gasteiger partial charge is 0.173 e. The molecule has 78 valence electrons. The van der Waals surface area contributed by atoms with Crippen LogP contribution < -0.4 is 21.5 Å². The molecule has 0 spiro atoms. The minimum Gasteiger partial charge on any atom is -1.00 e. The van der Waals surface area contributed by atoms with Crippen molar-refractivity contribution in [3.05, 3.63) is 66.2 Å². The summed E-state index contributed by atoms with van der Waals surface area (Å²) in [7, 11) is 0. The fraction of sp³-hybridized carbons (Fsp3) is 0.0833. The number of pyridine rings is 1. The summed E-state index contributed by atoms with van der Waals surface area (Å²) >= 11 is 0. The van der Waals surface area contributed by atoms with Crippen molar-refractivity contribution in [2.24, 2.45) is 0 Å². The lowest BCUT2D eigenvalue weighted by Crippen LogP contribution is -3.00. The van der Waals surface area contributed by atoms with Crippen LogP contribution >= 0.6 is 0 Å². The molecule has 0 N–H and O–H groups in total. The van der Waals surface area contributed by atoms with Gasteiger partial charge in [0.05, 0.1) is 0 Å². The molecule has 0 fully saturated rings. The summed E-state index contributed by atoms with van der Waals surface area (Å²) in [5.41, 5.74) is 1.21. The van der Waals surface area contributed by atoms with Gasteiger partial charge in [0.2, 0.25) is 0 Å². The van der Waals surface area contributed by atoms with Gasteiger partial charge in [-0.2, -0.15) is 0 Å². The molecule has 0 aliphatic carbocycles. The quantitative estimate of drug-likeness (QED) is 0.626. The van der Waals surface area contributed by atoms with E-state index >= 15 is 0 Å². The van der Waals surface area contributed by atoms with Crippen LogP contribution in [0.25, 0.3) is 0 Å². The Hall–Kier alpha value is -1.22. The van der Waals surface area contributed by atoms with Crippen LogP contribution in [0, 0.1) is 5.82 Å². The molecule has 0 bridgehead atoms. The standard InChI is InChI=1S/C12H11FN.BrH/c13-12-6-8-14(9-7-12)10-11-4-2-1-3-5-11;/h1-9H,10H2;1H/q+1;/p-1. The molecule has 0 radical (unpaired) electrons. The van der Waals surface area contributed by atoms with E-state index in [1.54, 1.807) is 12.4 Å². The summed E-state index contributed by atoms with van der Waals surface area (Å²) < 4.78 is 14.6. The van der Waals surface area contributed by atoms with Crippen molar-refractivity contribution < 1.29 is 25.9 Å². The van der Waals surface area contributed by atoms with Crippen molar-refractivity contribution in [3.63, 3.8) is 0 Å². The number of benzene rings is 1. The van der Waals surface area contributed by atoms with Gasteiger partial charge in [0.25, 0.3) is 0 Å². The summed E-state index contributed by atoms with van der Waals surface area (Å²) in [5, 5.41) is 0. The molecule has 0 amide bonds. The molecule has 0 saturated carbocycles. The zero-order valence-corrected chi connectivity index (χ0v) is 9.69. The highest BCUT2D eigenvalue weighted by atomic mass is 79.9. The van der Waals surface area contributed by atoms with Gasteiger partial charge in [0, 0.05) is 17.7 Å². The number of aromatic nitrogens is 1. The van der Waals surface area contributed by atoms with Crippen LogP contribution in [0.5, 0.6) is 0 Å². The van der Waals surface area contributed by atoms with Crippen LogP contribution in [0.15, 0.2) is 54.9 Å². The summed E-state index contributed by atoms with van der Waals surface area (Å²) in [5.74, 6) is -0.200. The maximum absolute atomic E-state index is 12.6. The Morgan fingerprint density at radius 2 is 1.53 bits per heavy atom. The van der Waals surface area contributed by atoms with E-state index in [0.717, 1.165) is 6.54 Å². The van der Waals surface area contributed by atoms with E-state index in [-0.39, 0.29) is 22.8 Å². The van der Waals surface area contributed by atoms with Crippen LogP contribution in [-0.4, -0.2) is 0 Å². The van der Waals surface area contributed by atoms with Gasteiger partial charge < -0.3 is 17.0 Å². The predicted molar refractivity (Wildman–Crippen MR) is 52.1 cm³/mol. The van der Waals surface area contributed by atoms with Gasteiger partial charge in [0.1, 0.15) is 5.82 Å². The molecular weight excluding hydrogens is 257 g/mol. The number of hydrogen-bond donors (Lipinski definition) is 0. The second kappa shape index (κ2) is 5.61. The highest BCUT2D eigenvalue weighted by molar-refractivity contribution is 5.13. The zero-order valence-electron chi connectivity index (χ0n) is 8.11. The Labute approximate surface area is 99.0 Å². The summed E-state index contributed by atoms with van der Waals surface area (Å²) in [6.07, 6.45) is 3.48. The van der Waals surface area contributed by atoms with Crippen LogP contribution in [0.2, 0.25) is 0 Å². The molecule has 1 heterocycles. The number of hydrogen-bond acceptors (Lipinski definition) is 0. The lowest BCUT2D eigenvalue weighted by atomic mass is 10.2. The molecule has 1 aromatic carbocycles. The molecule has 0 saturated heterocycles. The van der Waals surface area contributed by atoms with Gasteiger partial charge in [-0.3, -0.25) is 0 Å². The molecule has 0 aliphatic rings. The molecular formula is C12H11BrFN. The van der Waals surface area contributed by atoms with Gasteiger partial charge in [-0.1, -0.05) is 30.3 Å². The molecule has 1 aromatic heterocycles. The third-order valence-electron chi connectivity index (χ3n) is 2.06. The van der Waals surface area contributed by atoms with Crippen LogP contribution in [0.1, 0.15) is 5.56 Å². The minimum atomic E-state index is -0.200. The lowest BCUT2D eigenvalue weighted by Gasteiger charge is -1.96. The van der Waals surface area contributed by atoms with Crippen LogP contribution in [0.4, 0.5) is 4.39 Å². The monoisotopic (exact) mass is 267 g/mol. The van der Waals surface area contributed by atoms with Gasteiger partial charge in [-0.15, -0.1) is 0 Å². The number of halogens is 2. The van der Waals surface area contributed by atoms with Crippen LogP contribution in [0.3, 0.4) is 0 Å². The van der Waals surface area contributed by atoms with E-state index < -0.39 is 0 Å². The van der Waals surface area contributed by atoms with E-state index in [2.05, 4.69) is 12.1 Å². The normalized spacial score (nSPS) is 9.40. The van der Waals surface area contributed by atoms with Crippen molar-refractivity contribution in [1.29, 1.82) is 0 Å². The molecule has 0 aliphatic heterocycles. The highest BCUT2D eigenvalue weighted by Gasteiger charge is 2.01. The molecule has 0 unspecified atom stereocenters. The van der Waals surface area contributed by atoms with Crippen molar-refractivity contribution in [1.82, 2.24) is 0 Å². The third kappa shape index (κ3) is 3.44. The average Bonchev–Trinajstić information content (AvgIpc) is 2.23. The minimum absolute atomic E-state index is 0. The topological polar surface area (TPSA) is 3.88 Å². The van der Waals surface area contributed by atoms with Gasteiger partial charge in [-0.25, -0.2) is 8.96 Å². The molecule has 3 heteroatoms. The van der Waals surface area contributed by atoms with Gasteiger partial charge in [0.15, 0.2) is 18.9 Å². The van der Waals surface area contributed by atoms with Crippen molar-refractivity contribution in [2.75, 3.05) is 0 Å². The highest BCUT2D eigenvalue weighted by Crippen LogP contribution is 1.97. The Morgan fingerprint density at radius 1 is 0.933 bits per heavy atom. The lowest BCUT2D eigenvalue weighted by molar-refractivity contribution is -0.688. The first-order chi connectivity index (χ1) is 6.84. The zero-order chi connectivity index (χ0) is 9.80. The second-order valence-electron chi connectivity index (χ2n) is 3.17. The number of nitrogens with zero attached hydrogens (tertiary/aromatic N) is 1. The largest absolute Gasteiger partial charge is 1.00 e. The summed E-state index contributed by atoms with van der Waals surface area (Å²) in [6.45, 7) is 0.779. The van der Waals surface area contributed by atoms with Crippen molar-refractivity contribution in [3.8, 4) is 0 Å². The first-order valence-corrected chi connectivity index (χ1v) is 4.53. The Bertz CT molecular complexity index is 400. The summed E-state index contributed by atoms with van der Waals surface area (Å²) in [6, 6.07) is 13.0. The van der Waals surface area contributed by atoms with Crippen LogP contribution in [-0.2, 0) is 6.54 Å². The maximum Gasteiger partial charge on any atom is 0.173 e. The Balaban J connectivity index is 0.00000112. The number of rotatable bonds is 2. The van der Waals surface area contributed by atoms with E-state index in [1.165, 1.54) is 17.7 Å². The molecule has 0 atom stereocenters. The van der Waals surface area contributed by atoms with Crippen molar-refractivity contribution >= 4 is 0 Å². The second-order valence-corrected chi connectivity index (χ2v) is 3.17. The Kier molecular flexibility index (Phi) is 4.43. The summed E-state index contributed by atoms with van der Waals surface area (Å²) in [4.78, 5) is 0. The fourth-order valence-corrected chi connectivity index (χ4v) is 1.34. The van der Waals surface area contributed by atoms with E-state index in [0.29, 0.717) is 0 Å².